The van der Waals surface area contributed by atoms with Crippen molar-refractivity contribution >= 4 is 11.6 Å². The van der Waals surface area contributed by atoms with E-state index in [9.17, 15) is 5.11 Å². The Bertz CT molecular complexity index is 715. The molecule has 106 valence electrons. The first-order valence-electron chi connectivity index (χ1n) is 6.98. The summed E-state index contributed by atoms with van der Waals surface area (Å²) in [5.41, 5.74) is 3.47. The summed E-state index contributed by atoms with van der Waals surface area (Å²) >= 11 is 5.94. The fourth-order valence-electron chi connectivity index (χ4n) is 2.56. The summed E-state index contributed by atoms with van der Waals surface area (Å²) < 4.78 is 0. The SMILES string of the molecule is Oc1ccc2c(c1)CN(CC#Cc1cccc(Cl)c1)CC2. The number of hydrogen-bond acceptors (Lipinski definition) is 2. The van der Waals surface area contributed by atoms with Gasteiger partial charge in [0.2, 0.25) is 0 Å². The fourth-order valence-corrected chi connectivity index (χ4v) is 2.75. The van der Waals surface area contributed by atoms with Gasteiger partial charge in [-0.05, 0) is 47.9 Å². The van der Waals surface area contributed by atoms with Crippen LogP contribution in [0.2, 0.25) is 5.02 Å². The molecule has 21 heavy (non-hydrogen) atoms. The van der Waals surface area contributed by atoms with Crippen LogP contribution in [0.1, 0.15) is 16.7 Å². The molecule has 3 rings (SSSR count). The summed E-state index contributed by atoms with van der Waals surface area (Å²) in [4.78, 5) is 2.29. The molecule has 0 spiro atoms. The highest BCUT2D eigenvalue weighted by Gasteiger charge is 2.15. The third-order valence-corrected chi connectivity index (χ3v) is 3.88. The van der Waals surface area contributed by atoms with Crippen LogP contribution in [0.3, 0.4) is 0 Å². The van der Waals surface area contributed by atoms with Gasteiger partial charge in [0.1, 0.15) is 5.75 Å². The van der Waals surface area contributed by atoms with E-state index >= 15 is 0 Å². The monoisotopic (exact) mass is 297 g/mol. The zero-order chi connectivity index (χ0) is 14.7. The van der Waals surface area contributed by atoms with E-state index in [4.69, 9.17) is 11.6 Å². The number of phenolic OH excluding ortho intramolecular Hbond substituents is 1. The van der Waals surface area contributed by atoms with Gasteiger partial charge in [-0.25, -0.2) is 0 Å². The Morgan fingerprint density at radius 3 is 2.90 bits per heavy atom. The van der Waals surface area contributed by atoms with Crippen molar-refractivity contribution in [1.82, 2.24) is 4.90 Å². The van der Waals surface area contributed by atoms with Crippen LogP contribution in [0.5, 0.6) is 5.75 Å². The largest absolute Gasteiger partial charge is 0.508 e. The number of fused-ring (bicyclic) bond motifs is 1. The number of benzene rings is 2. The molecular weight excluding hydrogens is 282 g/mol. The second-order valence-electron chi connectivity index (χ2n) is 5.23. The van der Waals surface area contributed by atoms with Gasteiger partial charge in [-0.2, -0.15) is 0 Å². The van der Waals surface area contributed by atoms with Crippen LogP contribution < -0.4 is 0 Å². The van der Waals surface area contributed by atoms with Crippen molar-refractivity contribution in [3.63, 3.8) is 0 Å². The van der Waals surface area contributed by atoms with Crippen molar-refractivity contribution in [1.29, 1.82) is 0 Å². The molecule has 0 unspecified atom stereocenters. The Hall–Kier alpha value is -1.95. The molecule has 1 aliphatic heterocycles. The predicted molar refractivity (Wildman–Crippen MR) is 85.4 cm³/mol. The molecule has 1 aliphatic rings. The normalized spacial score (nSPS) is 14.1. The molecule has 3 heteroatoms. The molecule has 0 aliphatic carbocycles. The third-order valence-electron chi connectivity index (χ3n) is 3.64. The number of aromatic hydroxyl groups is 1. The van der Waals surface area contributed by atoms with E-state index in [0.717, 1.165) is 31.6 Å². The Labute approximate surface area is 130 Å². The first-order valence-corrected chi connectivity index (χ1v) is 7.36. The zero-order valence-electron chi connectivity index (χ0n) is 11.6. The average molecular weight is 298 g/mol. The smallest absolute Gasteiger partial charge is 0.115 e. The lowest BCUT2D eigenvalue weighted by atomic mass is 9.99. The van der Waals surface area contributed by atoms with Gasteiger partial charge in [-0.3, -0.25) is 4.90 Å². The number of hydrogen-bond donors (Lipinski definition) is 1. The van der Waals surface area contributed by atoms with Crippen LogP contribution in [0.25, 0.3) is 0 Å². The highest BCUT2D eigenvalue weighted by Crippen LogP contribution is 2.22. The summed E-state index contributed by atoms with van der Waals surface area (Å²) in [6.45, 7) is 2.57. The number of phenols is 1. The van der Waals surface area contributed by atoms with Crippen LogP contribution in [0.15, 0.2) is 42.5 Å². The van der Waals surface area contributed by atoms with Crippen molar-refractivity contribution in [3.8, 4) is 17.6 Å². The summed E-state index contributed by atoms with van der Waals surface area (Å²) in [7, 11) is 0. The van der Waals surface area contributed by atoms with Crippen LogP contribution in [-0.2, 0) is 13.0 Å². The molecule has 2 aromatic rings. The van der Waals surface area contributed by atoms with Crippen molar-refractivity contribution in [2.24, 2.45) is 0 Å². The van der Waals surface area contributed by atoms with Crippen molar-refractivity contribution in [2.45, 2.75) is 13.0 Å². The Kier molecular flexibility index (Phi) is 4.15. The van der Waals surface area contributed by atoms with Crippen molar-refractivity contribution < 1.29 is 5.11 Å². The molecule has 1 N–H and O–H groups in total. The third kappa shape index (κ3) is 3.58. The second-order valence-corrected chi connectivity index (χ2v) is 5.66. The van der Waals surface area contributed by atoms with Crippen LogP contribution in [0.4, 0.5) is 0 Å². The highest BCUT2D eigenvalue weighted by atomic mass is 35.5. The lowest BCUT2D eigenvalue weighted by molar-refractivity contribution is 0.285. The lowest BCUT2D eigenvalue weighted by Crippen LogP contribution is -2.30. The minimum atomic E-state index is 0.334. The van der Waals surface area contributed by atoms with Gasteiger partial charge in [-0.1, -0.05) is 35.6 Å². The number of rotatable bonds is 1. The maximum atomic E-state index is 9.57. The molecule has 0 atom stereocenters. The highest BCUT2D eigenvalue weighted by molar-refractivity contribution is 6.30. The molecule has 2 aromatic carbocycles. The summed E-state index contributed by atoms with van der Waals surface area (Å²) in [6, 6.07) is 13.2. The average Bonchev–Trinajstić information content (AvgIpc) is 2.47. The van der Waals surface area contributed by atoms with E-state index in [0.29, 0.717) is 10.8 Å². The van der Waals surface area contributed by atoms with Crippen LogP contribution in [0, 0.1) is 11.8 Å². The maximum absolute atomic E-state index is 9.57. The minimum Gasteiger partial charge on any atom is -0.508 e. The molecule has 0 saturated heterocycles. The Morgan fingerprint density at radius 1 is 1.14 bits per heavy atom. The van der Waals surface area contributed by atoms with E-state index in [-0.39, 0.29) is 0 Å². The number of halogens is 1. The van der Waals surface area contributed by atoms with E-state index < -0.39 is 0 Å². The molecule has 2 nitrogen and oxygen atoms in total. The van der Waals surface area contributed by atoms with Gasteiger partial charge < -0.3 is 5.11 Å². The topological polar surface area (TPSA) is 23.5 Å². The van der Waals surface area contributed by atoms with E-state index in [2.05, 4.69) is 16.7 Å². The summed E-state index contributed by atoms with van der Waals surface area (Å²) in [5, 5.41) is 10.3. The first-order chi connectivity index (χ1) is 10.2. The Morgan fingerprint density at radius 2 is 2.05 bits per heavy atom. The first kappa shape index (κ1) is 14.0. The molecular formula is C18H16ClNO. The van der Waals surface area contributed by atoms with Gasteiger partial charge in [0.05, 0.1) is 6.54 Å². The predicted octanol–water partition coefficient (Wildman–Crippen LogP) is 3.46. The zero-order valence-corrected chi connectivity index (χ0v) is 12.4. The van der Waals surface area contributed by atoms with E-state index in [1.54, 1.807) is 6.07 Å². The van der Waals surface area contributed by atoms with Crippen LogP contribution >= 0.6 is 11.6 Å². The van der Waals surface area contributed by atoms with Crippen molar-refractivity contribution in [2.75, 3.05) is 13.1 Å². The van der Waals surface area contributed by atoms with Gasteiger partial charge >= 0.3 is 0 Å². The maximum Gasteiger partial charge on any atom is 0.115 e. The molecule has 0 fully saturated rings. The lowest BCUT2D eigenvalue weighted by Gasteiger charge is -2.27. The number of nitrogens with zero attached hydrogens (tertiary/aromatic N) is 1. The van der Waals surface area contributed by atoms with Gasteiger partial charge in [0, 0.05) is 23.7 Å². The fraction of sp³-hybridized carbons (Fsp3) is 0.222. The summed E-state index contributed by atoms with van der Waals surface area (Å²) in [6.07, 6.45) is 1.01. The molecule has 0 radical (unpaired) electrons. The molecule has 1 heterocycles. The van der Waals surface area contributed by atoms with Crippen molar-refractivity contribution in [3.05, 3.63) is 64.2 Å². The quantitative estimate of drug-likeness (QED) is 0.815. The van der Waals surface area contributed by atoms with Gasteiger partial charge in [0.25, 0.3) is 0 Å². The standard InChI is InChI=1S/C18H16ClNO/c19-17-5-1-3-14(11-17)4-2-9-20-10-8-15-6-7-18(21)12-16(15)13-20/h1,3,5-7,11-12,21H,8-10,13H2. The molecule has 0 bridgehead atoms. The van der Waals surface area contributed by atoms with Gasteiger partial charge in [0.15, 0.2) is 0 Å². The van der Waals surface area contributed by atoms with E-state index in [1.165, 1.54) is 11.1 Å². The summed E-state index contributed by atoms with van der Waals surface area (Å²) in [5.74, 6) is 6.68. The molecule has 0 saturated carbocycles. The Balaban J connectivity index is 1.65. The van der Waals surface area contributed by atoms with Gasteiger partial charge in [-0.15, -0.1) is 0 Å². The minimum absolute atomic E-state index is 0.334. The second kappa shape index (κ2) is 6.22. The van der Waals surface area contributed by atoms with E-state index in [1.807, 2.05) is 36.4 Å². The molecule has 0 aromatic heterocycles. The molecule has 0 amide bonds. The van der Waals surface area contributed by atoms with Crippen LogP contribution in [-0.4, -0.2) is 23.1 Å².